The van der Waals surface area contributed by atoms with Crippen LogP contribution in [-0.2, 0) is 5.88 Å². The molecule has 1 unspecified atom stereocenters. The van der Waals surface area contributed by atoms with E-state index in [1.165, 1.54) is 5.56 Å². The third kappa shape index (κ3) is 2.65. The molecule has 0 N–H and O–H groups in total. The lowest BCUT2D eigenvalue weighted by Gasteiger charge is -2.14. The maximum Gasteiger partial charge on any atom is 0.0474 e. The van der Waals surface area contributed by atoms with Gasteiger partial charge in [0.2, 0.25) is 0 Å². The molecular weight excluding hydrogens is 283 g/mol. The van der Waals surface area contributed by atoms with E-state index in [9.17, 15) is 0 Å². The van der Waals surface area contributed by atoms with E-state index in [-0.39, 0.29) is 0 Å². The highest BCUT2D eigenvalue weighted by Crippen LogP contribution is 2.34. The number of alkyl halides is 1. The van der Waals surface area contributed by atoms with Crippen LogP contribution >= 0.6 is 39.1 Å². The Morgan fingerprint density at radius 3 is 2.50 bits per heavy atom. The van der Waals surface area contributed by atoms with Crippen LogP contribution in [-0.4, -0.2) is 0 Å². The van der Waals surface area contributed by atoms with E-state index < -0.39 is 0 Å². The molecule has 1 rings (SSSR count). The zero-order valence-corrected chi connectivity index (χ0v) is 11.4. The summed E-state index contributed by atoms with van der Waals surface area (Å²) in [5, 5.41) is 0.810. The summed E-state index contributed by atoms with van der Waals surface area (Å²) in [5.41, 5.74) is 2.23. The van der Waals surface area contributed by atoms with Gasteiger partial charge in [0.05, 0.1) is 0 Å². The lowest BCUT2D eigenvalue weighted by Crippen LogP contribution is -1.95. The molecule has 14 heavy (non-hydrogen) atoms. The second-order valence-corrected chi connectivity index (χ2v) is 4.94. The number of benzene rings is 1. The van der Waals surface area contributed by atoms with Crippen molar-refractivity contribution < 1.29 is 0 Å². The third-order valence-corrected chi connectivity index (χ3v) is 3.68. The molecule has 0 aliphatic carbocycles. The molecule has 1 aromatic carbocycles. The Kier molecular flexibility index (Phi) is 4.75. The summed E-state index contributed by atoms with van der Waals surface area (Å²) in [7, 11) is 0. The Balaban J connectivity index is 3.18. The molecule has 0 amide bonds. The minimum atomic E-state index is 0.473. The maximum atomic E-state index is 6.20. The molecule has 78 valence electrons. The van der Waals surface area contributed by atoms with Crippen molar-refractivity contribution >= 4 is 39.1 Å². The molecular formula is C11H13BrCl2. The predicted molar refractivity (Wildman–Crippen MR) is 67.4 cm³/mol. The normalized spacial score (nSPS) is 12.9. The molecule has 0 spiro atoms. The SMILES string of the molecule is CCC(C)c1c(Cl)cc(CCl)cc1Br. The molecule has 3 heteroatoms. The fourth-order valence-corrected chi connectivity index (χ4v) is 2.98. The van der Waals surface area contributed by atoms with Crippen molar-refractivity contribution in [3.63, 3.8) is 0 Å². The van der Waals surface area contributed by atoms with E-state index in [2.05, 4.69) is 29.8 Å². The molecule has 0 fully saturated rings. The fourth-order valence-electron chi connectivity index (χ4n) is 1.39. The Morgan fingerprint density at radius 1 is 1.43 bits per heavy atom. The summed E-state index contributed by atoms with van der Waals surface area (Å²) in [6, 6.07) is 3.99. The second-order valence-electron chi connectivity index (χ2n) is 3.42. The van der Waals surface area contributed by atoms with Gasteiger partial charge >= 0.3 is 0 Å². The molecule has 1 atom stereocenters. The van der Waals surface area contributed by atoms with Gasteiger partial charge in [0.25, 0.3) is 0 Å². The maximum absolute atomic E-state index is 6.20. The summed E-state index contributed by atoms with van der Waals surface area (Å²) in [6.07, 6.45) is 1.08. The summed E-state index contributed by atoms with van der Waals surface area (Å²) >= 11 is 15.5. The third-order valence-electron chi connectivity index (χ3n) is 2.40. The van der Waals surface area contributed by atoms with E-state index in [0.717, 1.165) is 21.5 Å². The van der Waals surface area contributed by atoms with Gasteiger partial charge in [0.15, 0.2) is 0 Å². The van der Waals surface area contributed by atoms with Crippen LogP contribution in [0.4, 0.5) is 0 Å². The van der Waals surface area contributed by atoms with Gasteiger partial charge in [-0.3, -0.25) is 0 Å². The molecule has 0 heterocycles. The number of rotatable bonds is 3. The molecule has 0 saturated heterocycles. The Labute approximate surface area is 104 Å². The summed E-state index contributed by atoms with van der Waals surface area (Å²) in [5.74, 6) is 0.972. The van der Waals surface area contributed by atoms with E-state index in [1.807, 2.05) is 12.1 Å². The van der Waals surface area contributed by atoms with Crippen LogP contribution in [0.2, 0.25) is 5.02 Å². The van der Waals surface area contributed by atoms with Gasteiger partial charge in [-0.1, -0.05) is 41.4 Å². The quantitative estimate of drug-likeness (QED) is 0.659. The van der Waals surface area contributed by atoms with Gasteiger partial charge < -0.3 is 0 Å². The average Bonchev–Trinajstić information content (AvgIpc) is 2.16. The molecule has 0 aliphatic rings. The predicted octanol–water partition coefficient (Wildman–Crippen LogP) is 5.35. The van der Waals surface area contributed by atoms with Gasteiger partial charge in [-0.2, -0.15) is 0 Å². The first-order chi connectivity index (χ1) is 6.60. The fraction of sp³-hybridized carbons (Fsp3) is 0.455. The first kappa shape index (κ1) is 12.4. The van der Waals surface area contributed by atoms with Gasteiger partial charge in [0, 0.05) is 15.4 Å². The Morgan fingerprint density at radius 2 is 2.07 bits per heavy atom. The monoisotopic (exact) mass is 294 g/mol. The van der Waals surface area contributed by atoms with E-state index in [1.54, 1.807) is 0 Å². The lowest BCUT2D eigenvalue weighted by atomic mass is 9.97. The van der Waals surface area contributed by atoms with Crippen molar-refractivity contribution in [1.82, 2.24) is 0 Å². The minimum absolute atomic E-state index is 0.473. The van der Waals surface area contributed by atoms with Crippen molar-refractivity contribution in [3.05, 3.63) is 32.8 Å². The van der Waals surface area contributed by atoms with Gasteiger partial charge in [-0.25, -0.2) is 0 Å². The molecule has 0 saturated carbocycles. The Bertz CT molecular complexity index is 300. The lowest BCUT2D eigenvalue weighted by molar-refractivity contribution is 0.730. The van der Waals surface area contributed by atoms with Crippen molar-refractivity contribution in [3.8, 4) is 0 Å². The zero-order chi connectivity index (χ0) is 10.7. The van der Waals surface area contributed by atoms with E-state index in [4.69, 9.17) is 23.2 Å². The van der Waals surface area contributed by atoms with Gasteiger partial charge in [0.1, 0.15) is 0 Å². The second kappa shape index (κ2) is 5.39. The van der Waals surface area contributed by atoms with E-state index in [0.29, 0.717) is 11.8 Å². The van der Waals surface area contributed by atoms with Crippen LogP contribution in [0.5, 0.6) is 0 Å². The topological polar surface area (TPSA) is 0 Å². The van der Waals surface area contributed by atoms with Crippen LogP contribution in [0.25, 0.3) is 0 Å². The number of halogens is 3. The summed E-state index contributed by atoms with van der Waals surface area (Å²) in [4.78, 5) is 0. The summed E-state index contributed by atoms with van der Waals surface area (Å²) < 4.78 is 1.06. The van der Waals surface area contributed by atoms with Gasteiger partial charge in [-0.15, -0.1) is 11.6 Å². The standard InChI is InChI=1S/C11H13BrCl2/c1-3-7(2)11-9(12)4-8(6-13)5-10(11)14/h4-5,7H,3,6H2,1-2H3. The van der Waals surface area contributed by atoms with Crippen LogP contribution in [0.3, 0.4) is 0 Å². The van der Waals surface area contributed by atoms with Crippen LogP contribution in [0.15, 0.2) is 16.6 Å². The molecule has 1 aromatic rings. The van der Waals surface area contributed by atoms with Gasteiger partial charge in [-0.05, 0) is 35.6 Å². The summed E-state index contributed by atoms with van der Waals surface area (Å²) in [6.45, 7) is 4.33. The molecule has 0 nitrogen and oxygen atoms in total. The number of hydrogen-bond acceptors (Lipinski definition) is 0. The van der Waals surface area contributed by atoms with E-state index >= 15 is 0 Å². The van der Waals surface area contributed by atoms with Crippen molar-refractivity contribution in [2.75, 3.05) is 0 Å². The molecule has 0 bridgehead atoms. The molecule has 0 aliphatic heterocycles. The first-order valence-corrected chi connectivity index (χ1v) is 6.34. The smallest absolute Gasteiger partial charge is 0.0474 e. The Hall–Kier alpha value is 0.280. The van der Waals surface area contributed by atoms with Crippen LogP contribution in [0.1, 0.15) is 37.3 Å². The molecule has 0 radical (unpaired) electrons. The zero-order valence-electron chi connectivity index (χ0n) is 8.28. The first-order valence-electron chi connectivity index (χ1n) is 4.63. The highest BCUT2D eigenvalue weighted by atomic mass is 79.9. The number of hydrogen-bond donors (Lipinski definition) is 0. The van der Waals surface area contributed by atoms with Crippen molar-refractivity contribution in [2.45, 2.75) is 32.1 Å². The highest BCUT2D eigenvalue weighted by molar-refractivity contribution is 9.10. The van der Waals surface area contributed by atoms with Crippen molar-refractivity contribution in [1.29, 1.82) is 0 Å². The largest absolute Gasteiger partial charge is 0.122 e. The minimum Gasteiger partial charge on any atom is -0.122 e. The van der Waals surface area contributed by atoms with Crippen molar-refractivity contribution in [2.24, 2.45) is 0 Å². The molecule has 0 aromatic heterocycles. The highest BCUT2D eigenvalue weighted by Gasteiger charge is 2.12. The van der Waals surface area contributed by atoms with Crippen LogP contribution < -0.4 is 0 Å². The average molecular weight is 296 g/mol. The van der Waals surface area contributed by atoms with Crippen LogP contribution in [0, 0.1) is 0 Å².